The second kappa shape index (κ2) is 7.74. The minimum absolute atomic E-state index is 0.643. The predicted octanol–water partition coefficient (Wildman–Crippen LogP) is 6.19. The molecule has 0 aliphatic rings. The van der Waals surface area contributed by atoms with Crippen molar-refractivity contribution in [2.24, 2.45) is 0 Å². The number of allylic oxidation sites excluding steroid dienone is 2. The lowest BCUT2D eigenvalue weighted by Gasteiger charge is -2.04. The van der Waals surface area contributed by atoms with E-state index in [9.17, 15) is 0 Å². The number of nitrogen functional groups attached to an aromatic ring is 1. The van der Waals surface area contributed by atoms with E-state index in [4.69, 9.17) is 5.73 Å². The fourth-order valence-corrected chi connectivity index (χ4v) is 4.51. The fourth-order valence-electron chi connectivity index (χ4n) is 3.86. The molecule has 5 nitrogen and oxygen atoms in total. The first kappa shape index (κ1) is 19.1. The van der Waals surface area contributed by atoms with E-state index in [0.717, 1.165) is 50.2 Å². The molecule has 4 heterocycles. The van der Waals surface area contributed by atoms with Crippen LogP contribution in [0.2, 0.25) is 0 Å². The number of nitrogens with zero attached hydrogens (tertiary/aromatic N) is 2. The number of nitrogens with one attached hydrogen (secondary N) is 2. The molecule has 0 spiro atoms. The number of aromatic nitrogens is 4. The van der Waals surface area contributed by atoms with Crippen molar-refractivity contribution in [1.82, 2.24) is 20.2 Å². The quantitative estimate of drug-likeness (QED) is 0.295. The van der Waals surface area contributed by atoms with Crippen LogP contribution >= 0.6 is 11.3 Å². The topological polar surface area (TPSA) is 83.4 Å². The van der Waals surface area contributed by atoms with Crippen molar-refractivity contribution >= 4 is 33.5 Å². The molecule has 0 atom stereocenters. The Morgan fingerprint density at radius 3 is 2.81 bits per heavy atom. The number of hydrogen-bond acceptors (Lipinski definition) is 4. The van der Waals surface area contributed by atoms with Crippen molar-refractivity contribution in [3.05, 3.63) is 95.1 Å². The van der Waals surface area contributed by atoms with Gasteiger partial charge in [0, 0.05) is 34.6 Å². The highest BCUT2D eigenvalue weighted by Crippen LogP contribution is 2.34. The maximum Gasteiger partial charge on any atom is 0.116 e. The van der Waals surface area contributed by atoms with Crippen LogP contribution in [-0.4, -0.2) is 20.2 Å². The standard InChI is InChI=1S/C25H21N5S/c1-3-4-20(17-7-8-31-14-17)21-11-24(28-15(21)2)25-22-10-16(5-6-23(22)29-30-25)18-9-19(26)13-27-12-18/h3-14,28H,1,26H2,2H3,(H,29,30)/b20-4-. The molecule has 0 aliphatic carbocycles. The second-order valence-electron chi connectivity index (χ2n) is 7.39. The van der Waals surface area contributed by atoms with Crippen molar-refractivity contribution in [1.29, 1.82) is 0 Å². The van der Waals surface area contributed by atoms with Gasteiger partial charge in [-0.25, -0.2) is 0 Å². The van der Waals surface area contributed by atoms with Crippen LogP contribution in [0.15, 0.2) is 78.3 Å². The zero-order valence-electron chi connectivity index (χ0n) is 17.0. The van der Waals surface area contributed by atoms with E-state index in [-0.39, 0.29) is 0 Å². The number of pyridine rings is 1. The van der Waals surface area contributed by atoms with Crippen LogP contribution in [0.5, 0.6) is 0 Å². The zero-order chi connectivity index (χ0) is 21.4. The van der Waals surface area contributed by atoms with E-state index < -0.39 is 0 Å². The van der Waals surface area contributed by atoms with E-state index in [1.165, 1.54) is 5.56 Å². The number of thiophene rings is 1. The van der Waals surface area contributed by atoms with Gasteiger partial charge in [0.2, 0.25) is 0 Å². The lowest BCUT2D eigenvalue weighted by Crippen LogP contribution is -1.87. The summed E-state index contributed by atoms with van der Waals surface area (Å²) in [4.78, 5) is 7.74. The molecule has 4 aromatic heterocycles. The summed E-state index contributed by atoms with van der Waals surface area (Å²) in [5.74, 6) is 0. The summed E-state index contributed by atoms with van der Waals surface area (Å²) in [6, 6.07) is 12.4. The highest BCUT2D eigenvalue weighted by atomic mass is 32.1. The molecule has 5 rings (SSSR count). The maximum atomic E-state index is 5.92. The summed E-state index contributed by atoms with van der Waals surface area (Å²) < 4.78 is 0. The van der Waals surface area contributed by atoms with Gasteiger partial charge < -0.3 is 10.7 Å². The number of aromatic amines is 2. The molecule has 0 radical (unpaired) electrons. The average molecular weight is 424 g/mol. The number of hydrogen-bond donors (Lipinski definition) is 3. The maximum absolute atomic E-state index is 5.92. The van der Waals surface area contributed by atoms with Crippen molar-refractivity contribution in [2.75, 3.05) is 5.73 Å². The summed E-state index contributed by atoms with van der Waals surface area (Å²) in [5.41, 5.74) is 16.0. The fraction of sp³-hybridized carbons (Fsp3) is 0.0400. The first-order chi connectivity index (χ1) is 15.1. The smallest absolute Gasteiger partial charge is 0.116 e. The number of benzene rings is 1. The Bertz CT molecular complexity index is 1420. The number of anilines is 1. The summed E-state index contributed by atoms with van der Waals surface area (Å²) in [6.45, 7) is 5.98. The lowest BCUT2D eigenvalue weighted by atomic mass is 9.99. The van der Waals surface area contributed by atoms with E-state index >= 15 is 0 Å². The first-order valence-corrected chi connectivity index (χ1v) is 10.8. The SMILES string of the molecule is C=C/C=C(/c1ccsc1)c1cc(-c2n[nH]c3ccc(-c4cncc(N)c4)cc23)[nH]c1C. The van der Waals surface area contributed by atoms with Gasteiger partial charge in [-0.2, -0.15) is 16.4 Å². The van der Waals surface area contributed by atoms with Gasteiger partial charge in [0.1, 0.15) is 5.69 Å². The monoisotopic (exact) mass is 423 g/mol. The minimum atomic E-state index is 0.643. The number of H-pyrrole nitrogens is 2. The van der Waals surface area contributed by atoms with Crippen LogP contribution in [0.4, 0.5) is 5.69 Å². The van der Waals surface area contributed by atoms with Gasteiger partial charge >= 0.3 is 0 Å². The largest absolute Gasteiger partial charge is 0.397 e. The molecule has 4 N–H and O–H groups in total. The molecule has 0 unspecified atom stereocenters. The Hall–Kier alpha value is -3.90. The van der Waals surface area contributed by atoms with Crippen molar-refractivity contribution in [3.63, 3.8) is 0 Å². The third kappa shape index (κ3) is 3.47. The van der Waals surface area contributed by atoms with Crippen LogP contribution in [0.25, 0.3) is 39.0 Å². The highest BCUT2D eigenvalue weighted by molar-refractivity contribution is 7.08. The molecule has 31 heavy (non-hydrogen) atoms. The first-order valence-electron chi connectivity index (χ1n) is 9.88. The molecule has 6 heteroatoms. The molecule has 152 valence electrons. The van der Waals surface area contributed by atoms with Crippen LogP contribution < -0.4 is 5.73 Å². The molecule has 0 saturated heterocycles. The van der Waals surface area contributed by atoms with E-state index in [1.807, 2.05) is 30.5 Å². The van der Waals surface area contributed by atoms with Gasteiger partial charge in [-0.05, 0) is 64.7 Å². The predicted molar refractivity (Wildman–Crippen MR) is 130 cm³/mol. The Labute approximate surface area is 184 Å². The van der Waals surface area contributed by atoms with Gasteiger partial charge in [0.05, 0.1) is 16.9 Å². The second-order valence-corrected chi connectivity index (χ2v) is 8.17. The molecule has 0 amide bonds. The van der Waals surface area contributed by atoms with Gasteiger partial charge in [0.15, 0.2) is 0 Å². The summed E-state index contributed by atoms with van der Waals surface area (Å²) in [6.07, 6.45) is 7.35. The molecule has 0 fully saturated rings. The Morgan fingerprint density at radius 1 is 1.13 bits per heavy atom. The third-order valence-corrected chi connectivity index (χ3v) is 6.02. The van der Waals surface area contributed by atoms with Gasteiger partial charge in [0.25, 0.3) is 0 Å². The average Bonchev–Trinajstić information content (AvgIpc) is 3.51. The van der Waals surface area contributed by atoms with Crippen molar-refractivity contribution < 1.29 is 0 Å². The third-order valence-electron chi connectivity index (χ3n) is 5.33. The van der Waals surface area contributed by atoms with Gasteiger partial charge in [-0.1, -0.05) is 24.8 Å². The highest BCUT2D eigenvalue weighted by Gasteiger charge is 2.16. The lowest BCUT2D eigenvalue weighted by molar-refractivity contribution is 1.11. The number of nitrogens with two attached hydrogens (primary N) is 1. The Morgan fingerprint density at radius 2 is 2.03 bits per heavy atom. The number of aryl methyl sites for hydroxylation is 1. The molecule has 0 bridgehead atoms. The minimum Gasteiger partial charge on any atom is -0.397 e. The molecular formula is C25H21N5S. The summed E-state index contributed by atoms with van der Waals surface area (Å²) in [5, 5.41) is 13.0. The molecule has 0 aliphatic heterocycles. The number of fused-ring (bicyclic) bond motifs is 1. The van der Waals surface area contributed by atoms with E-state index in [1.54, 1.807) is 17.5 Å². The van der Waals surface area contributed by atoms with Crippen LogP contribution in [-0.2, 0) is 0 Å². The van der Waals surface area contributed by atoms with Gasteiger partial charge in [-0.15, -0.1) is 0 Å². The van der Waals surface area contributed by atoms with Crippen LogP contribution in [0, 0.1) is 6.92 Å². The summed E-state index contributed by atoms with van der Waals surface area (Å²) in [7, 11) is 0. The summed E-state index contributed by atoms with van der Waals surface area (Å²) >= 11 is 1.68. The molecule has 5 aromatic rings. The molecular weight excluding hydrogens is 402 g/mol. The zero-order valence-corrected chi connectivity index (χ0v) is 17.8. The van der Waals surface area contributed by atoms with Gasteiger partial charge in [-0.3, -0.25) is 10.1 Å². The van der Waals surface area contributed by atoms with Crippen molar-refractivity contribution in [2.45, 2.75) is 6.92 Å². The van der Waals surface area contributed by atoms with Crippen molar-refractivity contribution in [3.8, 4) is 22.5 Å². The van der Waals surface area contributed by atoms with Crippen LogP contribution in [0.3, 0.4) is 0 Å². The molecule has 0 saturated carbocycles. The van der Waals surface area contributed by atoms with E-state index in [0.29, 0.717) is 5.69 Å². The Balaban J connectivity index is 1.62. The van der Waals surface area contributed by atoms with E-state index in [2.05, 4.69) is 68.7 Å². The Kier molecular flexibility index (Phi) is 4.76. The number of rotatable bonds is 5. The normalized spacial score (nSPS) is 11.8. The van der Waals surface area contributed by atoms with Crippen LogP contribution in [0.1, 0.15) is 16.8 Å². The molecule has 1 aromatic carbocycles.